The van der Waals surface area contributed by atoms with Gasteiger partial charge in [0.1, 0.15) is 0 Å². The van der Waals surface area contributed by atoms with E-state index in [0.29, 0.717) is 11.3 Å². The van der Waals surface area contributed by atoms with E-state index in [4.69, 9.17) is 0 Å². The normalized spacial score (nSPS) is 13.6. The van der Waals surface area contributed by atoms with E-state index in [0.717, 1.165) is 10.5 Å². The van der Waals surface area contributed by atoms with Gasteiger partial charge in [0.2, 0.25) is 0 Å². The molecular weight excluding hydrogens is 396 g/mol. The summed E-state index contributed by atoms with van der Waals surface area (Å²) in [4.78, 5) is 50.6. The van der Waals surface area contributed by atoms with Crippen LogP contribution < -0.4 is 5.32 Å². The molecule has 1 unspecified atom stereocenters. The second-order valence-corrected chi connectivity index (χ2v) is 7.21. The number of aliphatic carboxylic acids is 1. The van der Waals surface area contributed by atoms with Crippen LogP contribution in [0.15, 0.2) is 72.8 Å². The number of amides is 3. The minimum Gasteiger partial charge on any atom is -0.479 e. The van der Waals surface area contributed by atoms with E-state index in [9.17, 15) is 24.3 Å². The Bertz CT molecular complexity index is 1160. The Balaban J connectivity index is 1.58. The standard InChI is InChI=1S/C24H18N2O5/c1-14-6-12-17(13-7-14)25-21(27)16-10-8-15(9-11-16)20(24(30)31)26-22(28)18-4-2-3-5-19(18)23(26)29/h2-13,20H,1H3,(H,25,27)(H,30,31). The Morgan fingerprint density at radius 2 is 1.39 bits per heavy atom. The monoisotopic (exact) mass is 414 g/mol. The number of carbonyl (C=O) groups is 4. The lowest BCUT2D eigenvalue weighted by Gasteiger charge is -2.23. The fraction of sp³-hybridized carbons (Fsp3) is 0.0833. The Morgan fingerprint density at radius 1 is 0.839 bits per heavy atom. The molecule has 0 saturated heterocycles. The van der Waals surface area contributed by atoms with Gasteiger partial charge in [-0.2, -0.15) is 0 Å². The molecule has 2 N–H and O–H groups in total. The molecule has 4 rings (SSSR count). The van der Waals surface area contributed by atoms with Crippen LogP contribution in [0.2, 0.25) is 0 Å². The van der Waals surface area contributed by atoms with Crippen LogP contribution in [0.1, 0.15) is 48.2 Å². The number of hydrogen-bond acceptors (Lipinski definition) is 4. The fourth-order valence-electron chi connectivity index (χ4n) is 3.50. The van der Waals surface area contributed by atoms with Gasteiger partial charge >= 0.3 is 5.97 Å². The Morgan fingerprint density at radius 3 is 1.90 bits per heavy atom. The molecule has 3 aromatic rings. The zero-order valence-corrected chi connectivity index (χ0v) is 16.5. The average Bonchev–Trinajstić information content (AvgIpc) is 3.01. The van der Waals surface area contributed by atoms with Crippen LogP contribution in [0.25, 0.3) is 0 Å². The number of rotatable bonds is 5. The molecule has 0 bridgehead atoms. The molecule has 3 aromatic carbocycles. The Kier molecular flexibility index (Phi) is 5.09. The number of imide groups is 1. The summed E-state index contributed by atoms with van der Waals surface area (Å²) in [7, 11) is 0. The summed E-state index contributed by atoms with van der Waals surface area (Å²) in [6, 6.07) is 17.8. The molecule has 0 radical (unpaired) electrons. The maximum absolute atomic E-state index is 12.7. The second-order valence-electron chi connectivity index (χ2n) is 7.21. The van der Waals surface area contributed by atoms with E-state index >= 15 is 0 Å². The highest BCUT2D eigenvalue weighted by atomic mass is 16.4. The van der Waals surface area contributed by atoms with Crippen LogP contribution in [0.4, 0.5) is 5.69 Å². The van der Waals surface area contributed by atoms with Crippen molar-refractivity contribution in [2.75, 3.05) is 5.32 Å². The number of aryl methyl sites for hydroxylation is 1. The van der Waals surface area contributed by atoms with Crippen molar-refractivity contribution in [3.05, 3.63) is 101 Å². The van der Waals surface area contributed by atoms with Gasteiger partial charge in [-0.3, -0.25) is 19.3 Å². The predicted molar refractivity (Wildman–Crippen MR) is 113 cm³/mol. The first-order chi connectivity index (χ1) is 14.9. The van der Waals surface area contributed by atoms with Crippen molar-refractivity contribution < 1.29 is 24.3 Å². The zero-order valence-electron chi connectivity index (χ0n) is 16.5. The highest BCUT2D eigenvalue weighted by Crippen LogP contribution is 2.31. The molecule has 0 aromatic heterocycles. The van der Waals surface area contributed by atoms with Crippen molar-refractivity contribution in [2.24, 2.45) is 0 Å². The van der Waals surface area contributed by atoms with Crippen molar-refractivity contribution in [1.82, 2.24) is 4.90 Å². The SMILES string of the molecule is Cc1ccc(NC(=O)c2ccc(C(C(=O)O)N3C(=O)c4ccccc4C3=O)cc2)cc1. The van der Waals surface area contributed by atoms with Gasteiger partial charge < -0.3 is 10.4 Å². The molecule has 7 heteroatoms. The second kappa shape index (κ2) is 7.87. The molecule has 1 atom stereocenters. The van der Waals surface area contributed by atoms with E-state index < -0.39 is 23.8 Å². The number of fused-ring (bicyclic) bond motifs is 1. The quantitative estimate of drug-likeness (QED) is 0.620. The molecule has 7 nitrogen and oxygen atoms in total. The van der Waals surface area contributed by atoms with Crippen molar-refractivity contribution in [3.63, 3.8) is 0 Å². The van der Waals surface area contributed by atoms with Gasteiger partial charge in [-0.25, -0.2) is 4.79 Å². The summed E-state index contributed by atoms with van der Waals surface area (Å²) in [6.07, 6.45) is 0. The number of hydrogen-bond donors (Lipinski definition) is 2. The maximum atomic E-state index is 12.7. The van der Waals surface area contributed by atoms with Gasteiger partial charge in [0, 0.05) is 11.3 Å². The summed E-state index contributed by atoms with van der Waals surface area (Å²) in [6.45, 7) is 1.94. The zero-order chi connectivity index (χ0) is 22.1. The molecule has 1 heterocycles. The molecule has 0 saturated carbocycles. The number of nitrogens with one attached hydrogen (secondary N) is 1. The van der Waals surface area contributed by atoms with Gasteiger partial charge in [0.15, 0.2) is 6.04 Å². The first-order valence-corrected chi connectivity index (χ1v) is 9.54. The van der Waals surface area contributed by atoms with Gasteiger partial charge in [-0.1, -0.05) is 42.0 Å². The summed E-state index contributed by atoms with van der Waals surface area (Å²) >= 11 is 0. The molecule has 154 valence electrons. The predicted octanol–water partition coefficient (Wildman–Crippen LogP) is 3.67. The summed E-state index contributed by atoms with van der Waals surface area (Å²) in [5.41, 5.74) is 2.58. The van der Waals surface area contributed by atoms with Crippen molar-refractivity contribution >= 4 is 29.4 Å². The summed E-state index contributed by atoms with van der Waals surface area (Å²) in [5.74, 6) is -3.02. The lowest BCUT2D eigenvalue weighted by Crippen LogP contribution is -2.38. The number of nitrogens with zero attached hydrogens (tertiary/aromatic N) is 1. The highest BCUT2D eigenvalue weighted by molar-refractivity contribution is 6.22. The topological polar surface area (TPSA) is 104 Å². The fourth-order valence-corrected chi connectivity index (χ4v) is 3.50. The molecule has 1 aliphatic rings. The molecule has 31 heavy (non-hydrogen) atoms. The van der Waals surface area contributed by atoms with Gasteiger partial charge in [-0.05, 0) is 48.9 Å². The first-order valence-electron chi connectivity index (χ1n) is 9.54. The molecule has 0 aliphatic carbocycles. The van der Waals surface area contributed by atoms with Crippen LogP contribution in [0.5, 0.6) is 0 Å². The smallest absolute Gasteiger partial charge is 0.331 e. The van der Waals surface area contributed by atoms with Crippen LogP contribution in [-0.2, 0) is 4.79 Å². The van der Waals surface area contributed by atoms with Crippen molar-refractivity contribution in [3.8, 4) is 0 Å². The lowest BCUT2D eigenvalue weighted by atomic mass is 10.0. The van der Waals surface area contributed by atoms with Crippen molar-refractivity contribution in [1.29, 1.82) is 0 Å². The van der Waals surface area contributed by atoms with E-state index in [2.05, 4.69) is 5.32 Å². The molecule has 1 aliphatic heterocycles. The minimum absolute atomic E-state index is 0.174. The summed E-state index contributed by atoms with van der Waals surface area (Å²) in [5, 5.41) is 12.5. The van der Waals surface area contributed by atoms with E-state index in [1.165, 1.54) is 36.4 Å². The number of carbonyl (C=O) groups excluding carboxylic acids is 3. The number of anilines is 1. The molecule has 3 amide bonds. The third kappa shape index (κ3) is 3.69. The largest absolute Gasteiger partial charge is 0.479 e. The molecular formula is C24H18N2O5. The van der Waals surface area contributed by atoms with Gasteiger partial charge in [0.05, 0.1) is 11.1 Å². The van der Waals surface area contributed by atoms with Crippen LogP contribution in [0, 0.1) is 6.92 Å². The third-order valence-electron chi connectivity index (χ3n) is 5.12. The Labute approximate surface area is 177 Å². The lowest BCUT2D eigenvalue weighted by molar-refractivity contribution is -0.141. The van der Waals surface area contributed by atoms with Crippen LogP contribution >= 0.6 is 0 Å². The first kappa shape index (κ1) is 20.0. The highest BCUT2D eigenvalue weighted by Gasteiger charge is 2.43. The van der Waals surface area contributed by atoms with Crippen molar-refractivity contribution in [2.45, 2.75) is 13.0 Å². The van der Waals surface area contributed by atoms with E-state index in [-0.39, 0.29) is 22.6 Å². The Hall–Kier alpha value is -4.26. The van der Waals surface area contributed by atoms with Crippen LogP contribution in [0.3, 0.4) is 0 Å². The molecule has 0 fully saturated rings. The number of carboxylic acid groups (broad SMARTS) is 1. The molecule has 0 spiro atoms. The minimum atomic E-state index is -1.50. The van der Waals surface area contributed by atoms with E-state index in [1.807, 2.05) is 19.1 Å². The summed E-state index contributed by atoms with van der Waals surface area (Å²) < 4.78 is 0. The number of carboxylic acids is 1. The number of benzene rings is 3. The third-order valence-corrected chi connectivity index (χ3v) is 5.12. The van der Waals surface area contributed by atoms with Gasteiger partial charge in [-0.15, -0.1) is 0 Å². The van der Waals surface area contributed by atoms with Gasteiger partial charge in [0.25, 0.3) is 17.7 Å². The maximum Gasteiger partial charge on any atom is 0.331 e. The van der Waals surface area contributed by atoms with Crippen LogP contribution in [-0.4, -0.2) is 33.7 Å². The average molecular weight is 414 g/mol. The van der Waals surface area contributed by atoms with E-state index in [1.54, 1.807) is 24.3 Å².